The molecule has 178 valence electrons. The van der Waals surface area contributed by atoms with Crippen LogP contribution in [0.15, 0.2) is 60.7 Å². The minimum absolute atomic E-state index is 0.0227. The Morgan fingerprint density at radius 1 is 1.06 bits per heavy atom. The van der Waals surface area contributed by atoms with E-state index in [4.69, 9.17) is 25.4 Å². The maximum absolute atomic E-state index is 14.6. The van der Waals surface area contributed by atoms with Crippen molar-refractivity contribution in [2.75, 3.05) is 13.7 Å². The molecule has 4 N–H and O–H groups in total. The molecule has 0 saturated heterocycles. The number of carbonyl (C=O) groups is 1. The van der Waals surface area contributed by atoms with E-state index in [-0.39, 0.29) is 24.6 Å². The molecule has 3 aromatic rings. The van der Waals surface area contributed by atoms with Gasteiger partial charge in [-0.15, -0.1) is 0 Å². The van der Waals surface area contributed by atoms with E-state index in [9.17, 15) is 13.6 Å². The summed E-state index contributed by atoms with van der Waals surface area (Å²) < 4.78 is 44.2. The molecule has 34 heavy (non-hydrogen) atoms. The molecule has 3 aromatic carbocycles. The van der Waals surface area contributed by atoms with Gasteiger partial charge in [-0.05, 0) is 49.4 Å². The van der Waals surface area contributed by atoms with Gasteiger partial charge >= 0.3 is 0 Å². The lowest BCUT2D eigenvalue weighted by Gasteiger charge is -2.19. The molecule has 0 aliphatic carbocycles. The predicted octanol–water partition coefficient (Wildman–Crippen LogP) is 4.44. The Morgan fingerprint density at radius 2 is 1.76 bits per heavy atom. The van der Waals surface area contributed by atoms with Crippen molar-refractivity contribution in [3.05, 3.63) is 89.0 Å². The highest BCUT2D eigenvalue weighted by Gasteiger charge is 2.25. The Bertz CT molecular complexity index is 1170. The fourth-order valence-electron chi connectivity index (χ4n) is 3.19. The standard InChI is InChI=1S/C25H25F2N3O4/c1-3-33-23(20-11-10-19(32-2)13-21(20)27)25(31)30-14-16-5-4-15(24(28)29)12-22(16)34-18-8-6-17(26)7-9-18/h4-13,23H,3,14H2,1-2H3,(H3,28,29)(H,30,31). The largest absolute Gasteiger partial charge is 0.497 e. The summed E-state index contributed by atoms with van der Waals surface area (Å²) in [6.45, 7) is 1.92. The lowest BCUT2D eigenvalue weighted by atomic mass is 10.1. The van der Waals surface area contributed by atoms with Crippen LogP contribution in [0.4, 0.5) is 8.78 Å². The fourth-order valence-corrected chi connectivity index (χ4v) is 3.19. The first kappa shape index (κ1) is 24.7. The number of amides is 1. The van der Waals surface area contributed by atoms with Crippen LogP contribution in [0, 0.1) is 17.0 Å². The van der Waals surface area contributed by atoms with E-state index >= 15 is 0 Å². The zero-order valence-electron chi connectivity index (χ0n) is 18.7. The number of hydrogen-bond donors (Lipinski definition) is 3. The number of nitrogens with one attached hydrogen (secondary N) is 2. The number of benzene rings is 3. The number of carbonyl (C=O) groups excluding carboxylic acids is 1. The number of nitrogens with two attached hydrogens (primary N) is 1. The van der Waals surface area contributed by atoms with Crippen molar-refractivity contribution in [2.24, 2.45) is 5.73 Å². The molecule has 0 spiro atoms. The Balaban J connectivity index is 1.82. The number of amidine groups is 1. The average Bonchev–Trinajstić information content (AvgIpc) is 2.83. The molecule has 1 atom stereocenters. The number of methoxy groups -OCH3 is 1. The molecule has 0 bridgehead atoms. The summed E-state index contributed by atoms with van der Waals surface area (Å²) in [7, 11) is 1.42. The minimum atomic E-state index is -1.17. The molecular weight excluding hydrogens is 444 g/mol. The van der Waals surface area contributed by atoms with Gasteiger partial charge in [-0.2, -0.15) is 0 Å². The molecule has 0 heterocycles. The van der Waals surface area contributed by atoms with Crippen molar-refractivity contribution in [2.45, 2.75) is 19.6 Å². The SMILES string of the molecule is CCOC(C(=O)NCc1ccc(C(=N)N)cc1Oc1ccc(F)cc1)c1ccc(OC)cc1F. The van der Waals surface area contributed by atoms with E-state index in [1.54, 1.807) is 31.2 Å². The van der Waals surface area contributed by atoms with Crippen molar-refractivity contribution >= 4 is 11.7 Å². The normalized spacial score (nSPS) is 11.5. The van der Waals surface area contributed by atoms with Crippen LogP contribution >= 0.6 is 0 Å². The van der Waals surface area contributed by atoms with Crippen molar-refractivity contribution in [3.8, 4) is 17.2 Å². The highest BCUT2D eigenvalue weighted by Crippen LogP contribution is 2.28. The number of nitrogen functional groups attached to an aromatic ring is 1. The molecule has 9 heteroatoms. The Hall–Kier alpha value is -3.98. The zero-order chi connectivity index (χ0) is 24.7. The van der Waals surface area contributed by atoms with Gasteiger partial charge < -0.3 is 25.3 Å². The second kappa shape index (κ2) is 11.2. The fraction of sp³-hybridized carbons (Fsp3) is 0.200. The first-order chi connectivity index (χ1) is 16.3. The van der Waals surface area contributed by atoms with Gasteiger partial charge in [0.1, 0.15) is 34.7 Å². The molecule has 1 amide bonds. The molecule has 0 aliphatic rings. The van der Waals surface area contributed by atoms with Gasteiger partial charge in [0.15, 0.2) is 6.10 Å². The summed E-state index contributed by atoms with van der Waals surface area (Å²) in [5.74, 6) is -0.736. The molecule has 7 nitrogen and oxygen atoms in total. The second-order valence-electron chi connectivity index (χ2n) is 7.23. The predicted molar refractivity (Wildman–Crippen MR) is 123 cm³/mol. The van der Waals surface area contributed by atoms with Crippen LogP contribution in [0.25, 0.3) is 0 Å². The lowest BCUT2D eigenvalue weighted by Crippen LogP contribution is -2.31. The first-order valence-corrected chi connectivity index (χ1v) is 10.5. The summed E-state index contributed by atoms with van der Waals surface area (Å²) in [6, 6.07) is 14.4. The number of halogens is 2. The van der Waals surface area contributed by atoms with Crippen molar-refractivity contribution in [1.82, 2.24) is 5.32 Å². The smallest absolute Gasteiger partial charge is 0.254 e. The summed E-state index contributed by atoms with van der Waals surface area (Å²) in [4.78, 5) is 12.9. The van der Waals surface area contributed by atoms with Gasteiger partial charge in [-0.1, -0.05) is 12.1 Å². The van der Waals surface area contributed by atoms with Crippen LogP contribution in [0.2, 0.25) is 0 Å². The van der Waals surface area contributed by atoms with Crippen LogP contribution < -0.4 is 20.5 Å². The van der Waals surface area contributed by atoms with Gasteiger partial charge in [-0.25, -0.2) is 8.78 Å². The molecule has 0 saturated carbocycles. The summed E-state index contributed by atoms with van der Waals surface area (Å²) in [5.41, 5.74) is 6.65. The quantitative estimate of drug-likeness (QED) is 0.301. The molecule has 1 unspecified atom stereocenters. The molecule has 0 aromatic heterocycles. The maximum atomic E-state index is 14.6. The van der Waals surface area contributed by atoms with E-state index in [0.29, 0.717) is 28.4 Å². The average molecular weight is 469 g/mol. The Kier molecular flexibility index (Phi) is 8.15. The van der Waals surface area contributed by atoms with Crippen molar-refractivity contribution < 1.29 is 27.8 Å². The Morgan fingerprint density at radius 3 is 2.38 bits per heavy atom. The second-order valence-corrected chi connectivity index (χ2v) is 7.23. The van der Waals surface area contributed by atoms with E-state index in [1.165, 1.54) is 43.5 Å². The molecule has 3 rings (SSSR count). The van der Waals surface area contributed by atoms with Crippen LogP contribution in [-0.2, 0) is 16.1 Å². The summed E-state index contributed by atoms with van der Waals surface area (Å²) in [6.07, 6.45) is -1.17. The van der Waals surface area contributed by atoms with Crippen molar-refractivity contribution in [3.63, 3.8) is 0 Å². The highest BCUT2D eigenvalue weighted by molar-refractivity contribution is 5.95. The van der Waals surface area contributed by atoms with E-state index in [2.05, 4.69) is 5.32 Å². The third-order valence-electron chi connectivity index (χ3n) is 4.93. The number of ether oxygens (including phenoxy) is 3. The third-order valence-corrected chi connectivity index (χ3v) is 4.93. The lowest BCUT2D eigenvalue weighted by molar-refractivity contribution is -0.133. The van der Waals surface area contributed by atoms with Crippen LogP contribution in [0.5, 0.6) is 17.2 Å². The van der Waals surface area contributed by atoms with Gasteiger partial charge in [0.25, 0.3) is 5.91 Å². The topological polar surface area (TPSA) is 107 Å². The van der Waals surface area contributed by atoms with Crippen LogP contribution in [0.1, 0.15) is 29.7 Å². The minimum Gasteiger partial charge on any atom is -0.497 e. The molecule has 0 fully saturated rings. The van der Waals surface area contributed by atoms with E-state index in [0.717, 1.165) is 0 Å². The monoisotopic (exact) mass is 469 g/mol. The first-order valence-electron chi connectivity index (χ1n) is 10.5. The highest BCUT2D eigenvalue weighted by atomic mass is 19.1. The van der Waals surface area contributed by atoms with E-state index < -0.39 is 23.6 Å². The van der Waals surface area contributed by atoms with Gasteiger partial charge in [-0.3, -0.25) is 10.2 Å². The van der Waals surface area contributed by atoms with Gasteiger partial charge in [0.2, 0.25) is 0 Å². The summed E-state index contributed by atoms with van der Waals surface area (Å²) in [5, 5.41) is 10.4. The number of hydrogen-bond acceptors (Lipinski definition) is 5. The zero-order valence-corrected chi connectivity index (χ0v) is 18.7. The third kappa shape index (κ3) is 6.08. The molecule has 0 radical (unpaired) electrons. The van der Waals surface area contributed by atoms with Crippen LogP contribution in [0.3, 0.4) is 0 Å². The van der Waals surface area contributed by atoms with Gasteiger partial charge in [0, 0.05) is 35.9 Å². The van der Waals surface area contributed by atoms with Crippen LogP contribution in [-0.4, -0.2) is 25.5 Å². The Labute approximate surface area is 196 Å². The number of rotatable bonds is 10. The maximum Gasteiger partial charge on any atom is 0.254 e. The molecular formula is C25H25F2N3O4. The summed E-state index contributed by atoms with van der Waals surface area (Å²) >= 11 is 0. The van der Waals surface area contributed by atoms with E-state index in [1.807, 2.05) is 0 Å². The molecule has 0 aliphatic heterocycles. The van der Waals surface area contributed by atoms with Gasteiger partial charge in [0.05, 0.1) is 7.11 Å². The van der Waals surface area contributed by atoms with Crippen molar-refractivity contribution in [1.29, 1.82) is 5.41 Å².